The monoisotopic (exact) mass is 182 g/mol. The van der Waals surface area contributed by atoms with Crippen molar-refractivity contribution in [2.45, 2.75) is 26.2 Å². The van der Waals surface area contributed by atoms with Gasteiger partial charge in [-0.1, -0.05) is 13.3 Å². The summed E-state index contributed by atoms with van der Waals surface area (Å²) in [5.74, 6) is 0.343. The minimum atomic E-state index is -0.205. The first-order chi connectivity index (χ1) is 6.29. The Labute approximate surface area is 77.0 Å². The van der Waals surface area contributed by atoms with Gasteiger partial charge in [0.15, 0.2) is 0 Å². The molecule has 4 nitrogen and oxygen atoms in total. The van der Waals surface area contributed by atoms with Crippen LogP contribution >= 0.6 is 0 Å². The number of methoxy groups -OCH3 is 1. The van der Waals surface area contributed by atoms with Crippen molar-refractivity contribution in [3.05, 3.63) is 22.4 Å². The molecule has 0 aromatic carbocycles. The zero-order chi connectivity index (χ0) is 9.68. The largest absolute Gasteiger partial charge is 0.490 e. The summed E-state index contributed by atoms with van der Waals surface area (Å²) in [5, 5.41) is 0. The molecule has 4 heteroatoms. The molecular weight excluding hydrogens is 168 g/mol. The molecule has 0 spiro atoms. The van der Waals surface area contributed by atoms with Crippen LogP contribution in [-0.2, 0) is 6.42 Å². The predicted molar refractivity (Wildman–Crippen MR) is 50.0 cm³/mol. The molecule has 0 unspecified atom stereocenters. The van der Waals surface area contributed by atoms with Crippen LogP contribution in [0.2, 0.25) is 0 Å². The summed E-state index contributed by atoms with van der Waals surface area (Å²) in [6, 6.07) is 0. The molecule has 0 atom stereocenters. The van der Waals surface area contributed by atoms with E-state index in [9.17, 15) is 4.79 Å². The molecule has 1 aromatic rings. The van der Waals surface area contributed by atoms with Crippen LogP contribution in [0.1, 0.15) is 25.5 Å². The minimum Gasteiger partial charge on any atom is -0.490 e. The second-order valence-electron chi connectivity index (χ2n) is 2.82. The first kappa shape index (κ1) is 9.77. The number of hydrogen-bond acceptors (Lipinski definition) is 3. The van der Waals surface area contributed by atoms with Gasteiger partial charge in [-0.05, 0) is 12.8 Å². The van der Waals surface area contributed by atoms with Gasteiger partial charge in [-0.15, -0.1) is 0 Å². The lowest BCUT2D eigenvalue weighted by molar-refractivity contribution is 0.398. The van der Waals surface area contributed by atoms with Gasteiger partial charge in [0.2, 0.25) is 5.75 Å². The van der Waals surface area contributed by atoms with E-state index in [-0.39, 0.29) is 5.56 Å². The fourth-order valence-corrected chi connectivity index (χ4v) is 1.16. The van der Waals surface area contributed by atoms with Crippen LogP contribution in [0.5, 0.6) is 5.75 Å². The van der Waals surface area contributed by atoms with E-state index in [1.165, 1.54) is 13.4 Å². The van der Waals surface area contributed by atoms with Gasteiger partial charge in [-0.3, -0.25) is 4.79 Å². The number of aromatic nitrogens is 2. The molecule has 0 saturated heterocycles. The van der Waals surface area contributed by atoms with Gasteiger partial charge in [0, 0.05) is 0 Å². The average Bonchev–Trinajstić information content (AvgIpc) is 2.15. The third kappa shape index (κ3) is 2.31. The Kier molecular flexibility index (Phi) is 3.49. The van der Waals surface area contributed by atoms with Gasteiger partial charge in [-0.25, -0.2) is 4.98 Å². The molecular formula is C9H14N2O2. The van der Waals surface area contributed by atoms with Gasteiger partial charge >= 0.3 is 0 Å². The molecule has 1 aromatic heterocycles. The second-order valence-corrected chi connectivity index (χ2v) is 2.82. The van der Waals surface area contributed by atoms with Crippen LogP contribution in [0, 0.1) is 0 Å². The number of rotatable bonds is 4. The van der Waals surface area contributed by atoms with Crippen LogP contribution < -0.4 is 10.3 Å². The Morgan fingerprint density at radius 2 is 2.38 bits per heavy atom. The normalized spacial score (nSPS) is 10.0. The van der Waals surface area contributed by atoms with E-state index in [4.69, 9.17) is 4.74 Å². The van der Waals surface area contributed by atoms with E-state index in [1.54, 1.807) is 0 Å². The molecule has 0 aliphatic rings. The number of nitrogens with one attached hydrogen (secondary N) is 1. The second kappa shape index (κ2) is 4.64. The highest BCUT2D eigenvalue weighted by Gasteiger charge is 2.07. The van der Waals surface area contributed by atoms with Gasteiger partial charge < -0.3 is 9.72 Å². The first-order valence-electron chi connectivity index (χ1n) is 4.40. The number of hydrogen-bond donors (Lipinski definition) is 1. The average molecular weight is 182 g/mol. The number of nitrogens with zero attached hydrogens (tertiary/aromatic N) is 1. The van der Waals surface area contributed by atoms with Crippen molar-refractivity contribution in [1.29, 1.82) is 0 Å². The number of aromatic amines is 1. The molecule has 0 bridgehead atoms. The summed E-state index contributed by atoms with van der Waals surface area (Å²) >= 11 is 0. The van der Waals surface area contributed by atoms with Gasteiger partial charge in [-0.2, -0.15) is 0 Å². The number of unbranched alkanes of at least 4 members (excludes halogenated alkanes) is 1. The number of aryl methyl sites for hydroxylation is 1. The van der Waals surface area contributed by atoms with E-state index < -0.39 is 0 Å². The van der Waals surface area contributed by atoms with E-state index in [0.29, 0.717) is 5.75 Å². The molecule has 72 valence electrons. The zero-order valence-corrected chi connectivity index (χ0v) is 7.96. The lowest BCUT2D eigenvalue weighted by Gasteiger charge is -2.04. The van der Waals surface area contributed by atoms with E-state index in [1.807, 2.05) is 0 Å². The fraction of sp³-hybridized carbons (Fsp3) is 0.556. The van der Waals surface area contributed by atoms with Crippen molar-refractivity contribution < 1.29 is 4.74 Å². The molecule has 1 heterocycles. The number of H-pyrrole nitrogens is 1. The van der Waals surface area contributed by atoms with Crippen LogP contribution in [-0.4, -0.2) is 17.1 Å². The maximum atomic E-state index is 11.2. The maximum Gasteiger partial charge on any atom is 0.293 e. The Hall–Kier alpha value is -1.32. The molecule has 0 saturated carbocycles. The van der Waals surface area contributed by atoms with Crippen molar-refractivity contribution in [3.8, 4) is 5.75 Å². The Balaban J connectivity index is 2.92. The van der Waals surface area contributed by atoms with Crippen LogP contribution in [0.3, 0.4) is 0 Å². The smallest absolute Gasteiger partial charge is 0.293 e. The van der Waals surface area contributed by atoms with Crippen LogP contribution in [0.15, 0.2) is 11.1 Å². The summed E-state index contributed by atoms with van der Waals surface area (Å²) in [6.45, 7) is 2.10. The van der Waals surface area contributed by atoms with Crippen molar-refractivity contribution in [3.63, 3.8) is 0 Å². The van der Waals surface area contributed by atoms with Gasteiger partial charge in [0.1, 0.15) is 0 Å². The van der Waals surface area contributed by atoms with Gasteiger partial charge in [0.25, 0.3) is 5.56 Å². The molecule has 0 aliphatic heterocycles. The SMILES string of the molecule is CCCCc1nc[nH]c(=O)c1OC. The number of ether oxygens (including phenoxy) is 1. The summed E-state index contributed by atoms with van der Waals surface area (Å²) < 4.78 is 4.97. The molecule has 1 rings (SSSR count). The fourth-order valence-electron chi connectivity index (χ4n) is 1.16. The molecule has 1 N–H and O–H groups in total. The highest BCUT2D eigenvalue weighted by molar-refractivity contribution is 5.23. The summed E-state index contributed by atoms with van der Waals surface area (Å²) in [5.41, 5.74) is 0.539. The summed E-state index contributed by atoms with van der Waals surface area (Å²) in [4.78, 5) is 17.8. The third-order valence-electron chi connectivity index (χ3n) is 1.86. The predicted octanol–water partition coefficient (Wildman–Crippen LogP) is 1.12. The Bertz CT molecular complexity index is 320. The molecule has 13 heavy (non-hydrogen) atoms. The van der Waals surface area contributed by atoms with Crippen molar-refractivity contribution in [2.24, 2.45) is 0 Å². The minimum absolute atomic E-state index is 0.205. The highest BCUT2D eigenvalue weighted by Crippen LogP contribution is 2.10. The Morgan fingerprint density at radius 3 is 3.00 bits per heavy atom. The summed E-state index contributed by atoms with van der Waals surface area (Å²) in [6.07, 6.45) is 4.31. The molecule has 0 aliphatic carbocycles. The standard InChI is InChI=1S/C9H14N2O2/c1-3-4-5-7-8(13-2)9(12)11-6-10-7/h6H,3-5H2,1-2H3,(H,10,11,12). The van der Waals surface area contributed by atoms with E-state index >= 15 is 0 Å². The topological polar surface area (TPSA) is 55.0 Å². The van der Waals surface area contributed by atoms with Crippen molar-refractivity contribution in [1.82, 2.24) is 9.97 Å². The molecule has 0 amide bonds. The molecule has 0 radical (unpaired) electrons. The van der Waals surface area contributed by atoms with Crippen molar-refractivity contribution >= 4 is 0 Å². The molecule has 0 fully saturated rings. The van der Waals surface area contributed by atoms with E-state index in [2.05, 4.69) is 16.9 Å². The quantitative estimate of drug-likeness (QED) is 0.759. The van der Waals surface area contributed by atoms with Gasteiger partial charge in [0.05, 0.1) is 19.1 Å². The summed E-state index contributed by atoms with van der Waals surface area (Å²) in [7, 11) is 1.49. The first-order valence-corrected chi connectivity index (χ1v) is 4.40. The van der Waals surface area contributed by atoms with Crippen LogP contribution in [0.4, 0.5) is 0 Å². The zero-order valence-electron chi connectivity index (χ0n) is 7.96. The lowest BCUT2D eigenvalue weighted by Crippen LogP contribution is -2.12. The van der Waals surface area contributed by atoms with E-state index in [0.717, 1.165) is 25.0 Å². The maximum absolute atomic E-state index is 11.2. The highest BCUT2D eigenvalue weighted by atomic mass is 16.5. The third-order valence-corrected chi connectivity index (χ3v) is 1.86. The Morgan fingerprint density at radius 1 is 1.62 bits per heavy atom. The van der Waals surface area contributed by atoms with Crippen molar-refractivity contribution in [2.75, 3.05) is 7.11 Å². The lowest BCUT2D eigenvalue weighted by atomic mass is 10.2. The van der Waals surface area contributed by atoms with Crippen LogP contribution in [0.25, 0.3) is 0 Å².